The molecule has 1 heterocycles. The molecule has 0 fully saturated rings. The minimum absolute atomic E-state index is 0.247. The lowest BCUT2D eigenvalue weighted by atomic mass is 10.1. The number of hydrogen-bond donors (Lipinski definition) is 0. The number of carbonyl (C=O) groups is 1. The first-order valence-electron chi connectivity index (χ1n) is 5.23. The highest BCUT2D eigenvalue weighted by molar-refractivity contribution is 7.98. The zero-order chi connectivity index (χ0) is 11.4. The van der Waals surface area contributed by atoms with Crippen LogP contribution in [0.3, 0.4) is 0 Å². The summed E-state index contributed by atoms with van der Waals surface area (Å²) in [6.07, 6.45) is 2.86. The molecule has 16 heavy (non-hydrogen) atoms. The number of benzene rings is 1. The molecule has 1 aliphatic rings. The Balaban J connectivity index is 2.01. The van der Waals surface area contributed by atoms with Gasteiger partial charge in [-0.1, -0.05) is 0 Å². The third kappa shape index (κ3) is 2.50. The number of hydrogen-bond acceptors (Lipinski definition) is 4. The average Bonchev–Trinajstić information content (AvgIpc) is 2.76. The zero-order valence-corrected chi connectivity index (χ0v) is 10.0. The second-order valence-electron chi connectivity index (χ2n) is 3.55. The summed E-state index contributed by atoms with van der Waals surface area (Å²) in [5, 5.41) is 0. The van der Waals surface area contributed by atoms with Crippen molar-refractivity contribution in [2.45, 2.75) is 6.42 Å². The Morgan fingerprint density at radius 1 is 1.56 bits per heavy atom. The molecule has 0 amide bonds. The monoisotopic (exact) mass is 238 g/mol. The zero-order valence-electron chi connectivity index (χ0n) is 9.19. The van der Waals surface area contributed by atoms with Crippen molar-refractivity contribution in [1.82, 2.24) is 0 Å². The molecule has 1 aliphatic heterocycles. The summed E-state index contributed by atoms with van der Waals surface area (Å²) in [5.74, 6) is 1.48. The molecule has 0 bridgehead atoms. The van der Waals surface area contributed by atoms with Crippen molar-refractivity contribution in [1.29, 1.82) is 0 Å². The van der Waals surface area contributed by atoms with Gasteiger partial charge in [-0.15, -0.1) is 0 Å². The van der Waals surface area contributed by atoms with E-state index in [2.05, 4.69) is 0 Å². The minimum Gasteiger partial charge on any atom is -0.493 e. The summed E-state index contributed by atoms with van der Waals surface area (Å²) in [7, 11) is 0. The van der Waals surface area contributed by atoms with Crippen LogP contribution in [0.5, 0.6) is 5.75 Å². The maximum absolute atomic E-state index is 11.6. The quantitative estimate of drug-likeness (QED) is 0.594. The fourth-order valence-electron chi connectivity index (χ4n) is 1.61. The van der Waals surface area contributed by atoms with Gasteiger partial charge in [0, 0.05) is 12.2 Å². The minimum atomic E-state index is -0.247. The fourth-order valence-corrected chi connectivity index (χ4v) is 1.86. The first kappa shape index (κ1) is 11.3. The van der Waals surface area contributed by atoms with E-state index in [4.69, 9.17) is 9.47 Å². The van der Waals surface area contributed by atoms with E-state index in [0.717, 1.165) is 23.5 Å². The average molecular weight is 238 g/mol. The summed E-state index contributed by atoms with van der Waals surface area (Å²) in [6.45, 7) is 1.17. The number of rotatable bonds is 4. The number of esters is 1. The van der Waals surface area contributed by atoms with E-state index in [1.54, 1.807) is 17.8 Å². The lowest BCUT2D eigenvalue weighted by Crippen LogP contribution is -2.07. The Morgan fingerprint density at radius 3 is 3.25 bits per heavy atom. The number of ether oxygens (including phenoxy) is 2. The van der Waals surface area contributed by atoms with Gasteiger partial charge < -0.3 is 9.47 Å². The lowest BCUT2D eigenvalue weighted by molar-refractivity contribution is 0.0530. The predicted octanol–water partition coefficient (Wildman–Crippen LogP) is 2.14. The van der Waals surface area contributed by atoms with Crippen LogP contribution in [0.4, 0.5) is 0 Å². The molecule has 0 aliphatic carbocycles. The molecule has 2 rings (SSSR count). The molecular weight excluding hydrogens is 224 g/mol. The van der Waals surface area contributed by atoms with Crippen LogP contribution in [0.15, 0.2) is 18.2 Å². The molecule has 0 saturated heterocycles. The first-order valence-corrected chi connectivity index (χ1v) is 6.62. The van der Waals surface area contributed by atoms with Gasteiger partial charge in [-0.3, -0.25) is 0 Å². The SMILES string of the molecule is CSCCOC(=O)c1ccc2c(c1)CCO2. The highest BCUT2D eigenvalue weighted by Crippen LogP contribution is 2.26. The number of carbonyl (C=O) groups excluding carboxylic acids is 1. The van der Waals surface area contributed by atoms with Gasteiger partial charge in [0.25, 0.3) is 0 Å². The van der Waals surface area contributed by atoms with Crippen LogP contribution in [-0.4, -0.2) is 31.2 Å². The largest absolute Gasteiger partial charge is 0.493 e. The predicted molar refractivity (Wildman–Crippen MR) is 64.3 cm³/mol. The van der Waals surface area contributed by atoms with Crippen molar-refractivity contribution >= 4 is 17.7 Å². The molecule has 0 radical (unpaired) electrons. The van der Waals surface area contributed by atoms with E-state index >= 15 is 0 Å². The maximum Gasteiger partial charge on any atom is 0.338 e. The molecule has 86 valence electrons. The molecule has 0 saturated carbocycles. The summed E-state index contributed by atoms with van der Waals surface area (Å²) < 4.78 is 10.5. The Bertz CT molecular complexity index is 390. The summed E-state index contributed by atoms with van der Waals surface area (Å²) in [5.41, 5.74) is 1.71. The molecule has 0 spiro atoms. The molecular formula is C12H14O3S. The second kappa shape index (κ2) is 5.25. The highest BCUT2D eigenvalue weighted by Gasteiger charge is 2.15. The first-order chi connectivity index (χ1) is 7.81. The van der Waals surface area contributed by atoms with Gasteiger partial charge in [-0.05, 0) is 30.0 Å². The van der Waals surface area contributed by atoms with Gasteiger partial charge in [0.15, 0.2) is 0 Å². The molecule has 3 nitrogen and oxygen atoms in total. The van der Waals surface area contributed by atoms with E-state index in [9.17, 15) is 4.79 Å². The Hall–Kier alpha value is -1.16. The normalized spacial score (nSPS) is 13.1. The number of thioether (sulfide) groups is 1. The van der Waals surface area contributed by atoms with E-state index in [-0.39, 0.29) is 5.97 Å². The molecule has 0 N–H and O–H groups in total. The second-order valence-corrected chi connectivity index (χ2v) is 4.54. The van der Waals surface area contributed by atoms with Crippen LogP contribution in [0, 0.1) is 0 Å². The maximum atomic E-state index is 11.6. The van der Waals surface area contributed by atoms with Crippen molar-refractivity contribution in [3.8, 4) is 5.75 Å². The Morgan fingerprint density at radius 2 is 2.44 bits per heavy atom. The van der Waals surface area contributed by atoms with Gasteiger partial charge in [0.1, 0.15) is 12.4 Å². The third-order valence-corrected chi connectivity index (χ3v) is 3.02. The van der Waals surface area contributed by atoms with Crippen LogP contribution in [0.2, 0.25) is 0 Å². The molecule has 0 atom stereocenters. The molecule has 1 aromatic rings. The third-order valence-electron chi connectivity index (χ3n) is 2.45. The Labute approximate surface area is 99.1 Å². The molecule has 1 aromatic carbocycles. The van der Waals surface area contributed by atoms with E-state index in [1.165, 1.54) is 0 Å². The fraction of sp³-hybridized carbons (Fsp3) is 0.417. The van der Waals surface area contributed by atoms with E-state index in [1.807, 2.05) is 18.4 Å². The van der Waals surface area contributed by atoms with E-state index < -0.39 is 0 Å². The summed E-state index contributed by atoms with van der Waals surface area (Å²) in [4.78, 5) is 11.6. The van der Waals surface area contributed by atoms with Crippen LogP contribution in [0.25, 0.3) is 0 Å². The van der Waals surface area contributed by atoms with Crippen LogP contribution in [0.1, 0.15) is 15.9 Å². The van der Waals surface area contributed by atoms with Gasteiger partial charge in [0.2, 0.25) is 0 Å². The summed E-state index contributed by atoms with van der Waals surface area (Å²) >= 11 is 1.66. The topological polar surface area (TPSA) is 35.5 Å². The standard InChI is InChI=1S/C12H14O3S/c1-16-7-6-15-12(13)10-2-3-11-9(8-10)4-5-14-11/h2-3,8H,4-7H2,1H3. The summed E-state index contributed by atoms with van der Waals surface area (Å²) in [6, 6.07) is 5.46. The lowest BCUT2D eigenvalue weighted by Gasteiger charge is -2.05. The molecule has 0 aromatic heterocycles. The molecule has 0 unspecified atom stereocenters. The van der Waals surface area contributed by atoms with Gasteiger partial charge in [0.05, 0.1) is 12.2 Å². The van der Waals surface area contributed by atoms with Crippen molar-refractivity contribution in [2.75, 3.05) is 25.2 Å². The van der Waals surface area contributed by atoms with Gasteiger partial charge in [-0.25, -0.2) is 4.79 Å². The Kier molecular flexibility index (Phi) is 3.72. The van der Waals surface area contributed by atoms with Gasteiger partial charge in [-0.2, -0.15) is 11.8 Å². The number of fused-ring (bicyclic) bond motifs is 1. The van der Waals surface area contributed by atoms with Crippen molar-refractivity contribution in [3.63, 3.8) is 0 Å². The highest BCUT2D eigenvalue weighted by atomic mass is 32.2. The molecule has 4 heteroatoms. The van der Waals surface area contributed by atoms with Crippen molar-refractivity contribution in [3.05, 3.63) is 29.3 Å². The van der Waals surface area contributed by atoms with E-state index in [0.29, 0.717) is 18.8 Å². The van der Waals surface area contributed by atoms with Crippen molar-refractivity contribution < 1.29 is 14.3 Å². The van der Waals surface area contributed by atoms with Crippen molar-refractivity contribution in [2.24, 2.45) is 0 Å². The van der Waals surface area contributed by atoms with Gasteiger partial charge >= 0.3 is 5.97 Å². The smallest absolute Gasteiger partial charge is 0.338 e. The van der Waals surface area contributed by atoms with Crippen LogP contribution in [-0.2, 0) is 11.2 Å². The van der Waals surface area contributed by atoms with Crippen LogP contribution >= 0.6 is 11.8 Å². The van der Waals surface area contributed by atoms with Crippen LogP contribution < -0.4 is 4.74 Å².